The van der Waals surface area contributed by atoms with E-state index in [4.69, 9.17) is 4.74 Å². The maximum atomic E-state index is 12.4. The summed E-state index contributed by atoms with van der Waals surface area (Å²) in [5, 5.41) is 3.42. The second-order valence-electron chi connectivity index (χ2n) is 5.81. The fourth-order valence-electron chi connectivity index (χ4n) is 3.04. The summed E-state index contributed by atoms with van der Waals surface area (Å²) in [6.45, 7) is 6.51. The van der Waals surface area contributed by atoms with Crippen LogP contribution < -0.4 is 5.32 Å². The van der Waals surface area contributed by atoms with E-state index in [1.54, 1.807) is 11.3 Å². The number of carbonyl (C=O) groups is 1. The summed E-state index contributed by atoms with van der Waals surface area (Å²) < 4.78 is 5.54. The highest BCUT2D eigenvalue weighted by atomic mass is 32.1. The summed E-state index contributed by atoms with van der Waals surface area (Å²) in [7, 11) is 0. The Morgan fingerprint density at radius 3 is 3.00 bits per heavy atom. The van der Waals surface area contributed by atoms with E-state index in [1.807, 2.05) is 11.8 Å². The van der Waals surface area contributed by atoms with Gasteiger partial charge < -0.3 is 9.64 Å². The molecule has 2 saturated heterocycles. The highest BCUT2D eigenvalue weighted by molar-refractivity contribution is 7.12. The van der Waals surface area contributed by atoms with Crippen LogP contribution in [0, 0.1) is 12.8 Å². The van der Waals surface area contributed by atoms with Crippen molar-refractivity contribution in [3.8, 4) is 0 Å². The average Bonchev–Trinajstić information content (AvgIpc) is 2.99. The highest BCUT2D eigenvalue weighted by Crippen LogP contribution is 2.31. The molecule has 20 heavy (non-hydrogen) atoms. The number of amides is 1. The van der Waals surface area contributed by atoms with Crippen LogP contribution in [0.2, 0.25) is 0 Å². The van der Waals surface area contributed by atoms with Gasteiger partial charge in [-0.25, -0.2) is 0 Å². The Morgan fingerprint density at radius 1 is 1.50 bits per heavy atom. The molecule has 0 radical (unpaired) electrons. The van der Waals surface area contributed by atoms with Crippen molar-refractivity contribution in [2.45, 2.75) is 38.9 Å². The van der Waals surface area contributed by atoms with Gasteiger partial charge in [0.05, 0.1) is 12.6 Å². The Hall–Kier alpha value is -0.910. The van der Waals surface area contributed by atoms with Gasteiger partial charge >= 0.3 is 0 Å². The lowest BCUT2D eigenvalue weighted by molar-refractivity contribution is -0.131. The first-order valence-electron chi connectivity index (χ1n) is 7.36. The van der Waals surface area contributed by atoms with Crippen molar-refractivity contribution in [1.29, 1.82) is 0 Å². The summed E-state index contributed by atoms with van der Waals surface area (Å²) >= 11 is 1.77. The minimum atomic E-state index is -0.0908. The van der Waals surface area contributed by atoms with Crippen molar-refractivity contribution in [2.75, 3.05) is 19.8 Å². The zero-order valence-corrected chi connectivity index (χ0v) is 12.9. The van der Waals surface area contributed by atoms with Gasteiger partial charge in [-0.15, -0.1) is 11.3 Å². The highest BCUT2D eigenvalue weighted by Gasteiger charge is 2.38. The van der Waals surface area contributed by atoms with Crippen LogP contribution >= 0.6 is 11.3 Å². The molecule has 0 saturated carbocycles. The van der Waals surface area contributed by atoms with Crippen LogP contribution in [-0.2, 0) is 9.53 Å². The van der Waals surface area contributed by atoms with Gasteiger partial charge in [0.25, 0.3) is 0 Å². The third-order valence-corrected chi connectivity index (χ3v) is 5.17. The maximum absolute atomic E-state index is 12.4. The number of ether oxygens (including phenoxy) is 1. The van der Waals surface area contributed by atoms with Gasteiger partial charge in [0.1, 0.15) is 6.17 Å². The molecule has 110 valence electrons. The monoisotopic (exact) mass is 294 g/mol. The van der Waals surface area contributed by atoms with E-state index in [2.05, 4.69) is 24.4 Å². The number of aryl methyl sites for hydroxylation is 1. The Balaban J connectivity index is 1.75. The summed E-state index contributed by atoms with van der Waals surface area (Å²) in [6, 6.07) is 4.16. The first-order chi connectivity index (χ1) is 9.65. The minimum absolute atomic E-state index is 0.0399. The number of thiophene rings is 1. The molecular formula is C15H22N2O2S. The van der Waals surface area contributed by atoms with Crippen LogP contribution in [-0.4, -0.2) is 36.6 Å². The van der Waals surface area contributed by atoms with Gasteiger partial charge in [-0.1, -0.05) is 0 Å². The summed E-state index contributed by atoms with van der Waals surface area (Å²) in [6.07, 6.45) is 2.31. The molecule has 1 amide bonds. The number of nitrogens with one attached hydrogen (secondary N) is 1. The molecule has 2 aliphatic rings. The number of rotatable bonds is 3. The average molecular weight is 294 g/mol. The minimum Gasteiger partial charge on any atom is -0.381 e. The molecule has 4 nitrogen and oxygen atoms in total. The zero-order valence-electron chi connectivity index (χ0n) is 12.1. The van der Waals surface area contributed by atoms with E-state index in [-0.39, 0.29) is 18.1 Å². The van der Waals surface area contributed by atoms with Gasteiger partial charge in [0.15, 0.2) is 0 Å². The van der Waals surface area contributed by atoms with Crippen LogP contribution in [0.3, 0.4) is 0 Å². The predicted molar refractivity (Wildman–Crippen MR) is 79.7 cm³/mol. The molecule has 2 fully saturated rings. The largest absolute Gasteiger partial charge is 0.381 e. The van der Waals surface area contributed by atoms with E-state index in [0.29, 0.717) is 5.92 Å². The molecule has 0 aromatic carbocycles. The number of hydrogen-bond donors (Lipinski definition) is 1. The number of nitrogens with zero attached hydrogens (tertiary/aromatic N) is 1. The topological polar surface area (TPSA) is 41.6 Å². The SMILES string of the molecule is Cc1ccc(C2NC(C)C(=O)N2CC2CCCOC2)s1. The quantitative estimate of drug-likeness (QED) is 0.930. The summed E-state index contributed by atoms with van der Waals surface area (Å²) in [5.41, 5.74) is 0. The second-order valence-corrected chi connectivity index (χ2v) is 7.13. The fourth-order valence-corrected chi connectivity index (χ4v) is 3.99. The molecule has 3 unspecified atom stereocenters. The summed E-state index contributed by atoms with van der Waals surface area (Å²) in [5.74, 6) is 0.690. The van der Waals surface area contributed by atoms with Gasteiger partial charge in [-0.2, -0.15) is 0 Å². The van der Waals surface area contributed by atoms with Crippen LogP contribution in [0.1, 0.15) is 35.7 Å². The van der Waals surface area contributed by atoms with Gasteiger partial charge in [-0.3, -0.25) is 10.1 Å². The van der Waals surface area contributed by atoms with Crippen LogP contribution in [0.4, 0.5) is 0 Å². The lowest BCUT2D eigenvalue weighted by Gasteiger charge is -2.30. The van der Waals surface area contributed by atoms with E-state index in [1.165, 1.54) is 9.75 Å². The third kappa shape index (κ3) is 2.75. The van der Waals surface area contributed by atoms with E-state index in [9.17, 15) is 4.79 Å². The normalized spacial score (nSPS) is 31.0. The molecule has 5 heteroatoms. The van der Waals surface area contributed by atoms with Crippen LogP contribution in [0.25, 0.3) is 0 Å². The Morgan fingerprint density at radius 2 is 2.35 bits per heavy atom. The molecule has 1 N–H and O–H groups in total. The third-order valence-electron chi connectivity index (χ3n) is 4.11. The first-order valence-corrected chi connectivity index (χ1v) is 8.17. The molecule has 0 spiro atoms. The zero-order chi connectivity index (χ0) is 14.1. The van der Waals surface area contributed by atoms with E-state index >= 15 is 0 Å². The fraction of sp³-hybridized carbons (Fsp3) is 0.667. The summed E-state index contributed by atoms with van der Waals surface area (Å²) in [4.78, 5) is 16.9. The van der Waals surface area contributed by atoms with Gasteiger partial charge in [-0.05, 0) is 38.8 Å². The molecule has 1 aromatic heterocycles. The molecule has 3 rings (SSSR count). The Bertz CT molecular complexity index is 482. The standard InChI is InChI=1S/C15H22N2O2S/c1-10-5-6-13(20-10)14-16-11(2)15(18)17(14)8-12-4-3-7-19-9-12/h5-6,11-12,14,16H,3-4,7-9H2,1-2H3. The van der Waals surface area contributed by atoms with Crippen molar-refractivity contribution in [3.63, 3.8) is 0 Å². The smallest absolute Gasteiger partial charge is 0.241 e. The molecule has 3 heterocycles. The van der Waals surface area contributed by atoms with Gasteiger partial charge in [0.2, 0.25) is 5.91 Å². The van der Waals surface area contributed by atoms with E-state index < -0.39 is 0 Å². The second kappa shape index (κ2) is 5.84. The molecule has 1 aromatic rings. The van der Waals surface area contributed by atoms with Crippen molar-refractivity contribution in [3.05, 3.63) is 21.9 Å². The number of hydrogen-bond acceptors (Lipinski definition) is 4. The lowest BCUT2D eigenvalue weighted by Crippen LogP contribution is -2.37. The molecule has 0 aliphatic carbocycles. The van der Waals surface area contributed by atoms with Crippen LogP contribution in [0.15, 0.2) is 12.1 Å². The Labute approximate surface area is 124 Å². The number of carbonyl (C=O) groups excluding carboxylic acids is 1. The van der Waals surface area contributed by atoms with Crippen molar-refractivity contribution < 1.29 is 9.53 Å². The van der Waals surface area contributed by atoms with Crippen molar-refractivity contribution in [2.24, 2.45) is 5.92 Å². The molecule has 3 atom stereocenters. The Kier molecular flexibility index (Phi) is 4.10. The van der Waals surface area contributed by atoms with Gasteiger partial charge in [0, 0.05) is 28.8 Å². The maximum Gasteiger partial charge on any atom is 0.241 e. The van der Waals surface area contributed by atoms with E-state index in [0.717, 1.165) is 32.6 Å². The first kappa shape index (κ1) is 14.0. The molecule has 0 bridgehead atoms. The predicted octanol–water partition coefficient (Wildman–Crippen LogP) is 2.30. The molecule has 2 aliphatic heterocycles. The lowest BCUT2D eigenvalue weighted by atomic mass is 10.0. The van der Waals surface area contributed by atoms with Crippen molar-refractivity contribution in [1.82, 2.24) is 10.2 Å². The van der Waals surface area contributed by atoms with Crippen LogP contribution in [0.5, 0.6) is 0 Å². The molecular weight excluding hydrogens is 272 g/mol. The van der Waals surface area contributed by atoms with Crippen molar-refractivity contribution >= 4 is 17.2 Å².